The van der Waals surface area contributed by atoms with Crippen LogP contribution in [-0.2, 0) is 0 Å². The van der Waals surface area contributed by atoms with Crippen molar-refractivity contribution >= 4 is 34.8 Å². The molecule has 9 heteroatoms. The van der Waals surface area contributed by atoms with E-state index in [-0.39, 0.29) is 0 Å². The zero-order valence-electron chi connectivity index (χ0n) is 14.8. The Bertz CT molecular complexity index is 985. The number of H-pyrrole nitrogens is 1. The minimum atomic E-state index is 0.441. The molecule has 0 aliphatic carbocycles. The quantitative estimate of drug-likeness (QED) is 0.548. The first-order valence-electron chi connectivity index (χ1n) is 8.72. The summed E-state index contributed by atoms with van der Waals surface area (Å²) in [5, 5.41) is 17.4. The monoisotopic (exact) mass is 387 g/mol. The van der Waals surface area contributed by atoms with Crippen LogP contribution in [0.5, 0.6) is 0 Å². The fourth-order valence-electron chi connectivity index (χ4n) is 3.17. The Morgan fingerprint density at radius 3 is 2.77 bits per heavy atom. The maximum atomic E-state index is 5.33. The van der Waals surface area contributed by atoms with Crippen molar-refractivity contribution < 1.29 is 0 Å². The van der Waals surface area contributed by atoms with Crippen LogP contribution in [-0.4, -0.2) is 44.0 Å². The zero-order valence-corrected chi connectivity index (χ0v) is 16.5. The fraction of sp³-hybridized carbons (Fsp3) is 0.412. The summed E-state index contributed by atoms with van der Waals surface area (Å²) in [6.07, 6.45) is 5.72. The maximum Gasteiger partial charge on any atom is 0.271 e. The van der Waals surface area contributed by atoms with Gasteiger partial charge in [0.05, 0.1) is 16.9 Å². The summed E-state index contributed by atoms with van der Waals surface area (Å²) in [6, 6.07) is 6.27. The Morgan fingerprint density at radius 1 is 1.23 bits per heavy atom. The average Bonchev–Trinajstić information content (AvgIpc) is 3.33. The molecule has 0 aromatic carbocycles. The number of aromatic amines is 1. The molecule has 0 atom stereocenters. The van der Waals surface area contributed by atoms with E-state index in [4.69, 9.17) is 12.2 Å². The summed E-state index contributed by atoms with van der Waals surface area (Å²) in [4.78, 5) is 3.55. The topological polar surface area (TPSA) is 67.0 Å². The van der Waals surface area contributed by atoms with Gasteiger partial charge < -0.3 is 4.90 Å². The van der Waals surface area contributed by atoms with Crippen LogP contribution in [0.25, 0.3) is 5.95 Å². The highest BCUT2D eigenvalue weighted by atomic mass is 32.1. The molecule has 136 valence electrons. The second kappa shape index (κ2) is 7.16. The maximum absolute atomic E-state index is 5.33. The normalized spacial score (nSPS) is 15.2. The molecule has 0 saturated carbocycles. The summed E-state index contributed by atoms with van der Waals surface area (Å²) in [7, 11) is 0. The Hall–Kier alpha value is -2.26. The van der Waals surface area contributed by atoms with E-state index in [1.807, 2.05) is 26.1 Å². The van der Waals surface area contributed by atoms with Gasteiger partial charge in [0.25, 0.3) is 5.95 Å². The number of nitrogens with one attached hydrogen (secondary N) is 1. The van der Waals surface area contributed by atoms with E-state index >= 15 is 0 Å². The van der Waals surface area contributed by atoms with Gasteiger partial charge in [-0.2, -0.15) is 14.9 Å². The van der Waals surface area contributed by atoms with E-state index in [1.54, 1.807) is 20.7 Å². The highest BCUT2D eigenvalue weighted by molar-refractivity contribution is 7.71. The number of hydrogen-bond acceptors (Lipinski definition) is 6. The molecule has 1 aliphatic heterocycles. The number of anilines is 1. The number of rotatable bonds is 4. The average molecular weight is 388 g/mol. The van der Waals surface area contributed by atoms with Gasteiger partial charge in [-0.15, -0.1) is 16.4 Å². The lowest BCUT2D eigenvalue weighted by atomic mass is 10.1. The standard InChI is InChI=1S/C17H21N7S2/c1-12-10-13(2)23(21-12)16-19-20-17(25)24(16)18-11-14-6-7-15(26-14)22-8-4-3-5-9-22/h6-7,10-11H,3-5,8-9H2,1-2H3,(H,20,25)/b18-11-. The molecule has 3 aromatic heterocycles. The molecule has 3 aromatic rings. The van der Waals surface area contributed by atoms with Crippen LogP contribution in [0.4, 0.5) is 5.00 Å². The van der Waals surface area contributed by atoms with Gasteiger partial charge in [-0.25, -0.2) is 9.78 Å². The molecule has 1 aliphatic rings. The van der Waals surface area contributed by atoms with E-state index in [1.165, 1.54) is 24.3 Å². The predicted octanol–water partition coefficient (Wildman–Crippen LogP) is 3.68. The molecular formula is C17H21N7S2. The van der Waals surface area contributed by atoms with Crippen molar-refractivity contribution in [3.05, 3.63) is 39.2 Å². The third-order valence-electron chi connectivity index (χ3n) is 4.41. The van der Waals surface area contributed by atoms with Crippen molar-refractivity contribution in [2.24, 2.45) is 5.10 Å². The molecular weight excluding hydrogens is 366 g/mol. The Balaban J connectivity index is 1.60. The molecule has 26 heavy (non-hydrogen) atoms. The van der Waals surface area contributed by atoms with Crippen molar-refractivity contribution in [1.29, 1.82) is 0 Å². The summed E-state index contributed by atoms with van der Waals surface area (Å²) >= 11 is 7.08. The third kappa shape index (κ3) is 3.36. The van der Waals surface area contributed by atoms with Crippen LogP contribution in [0.15, 0.2) is 23.3 Å². The SMILES string of the molecule is Cc1cc(C)n(-c2n[nH]c(=S)n2/N=C\c2ccc(N3CCCCC3)s2)n1. The lowest BCUT2D eigenvalue weighted by Crippen LogP contribution is -2.28. The van der Waals surface area contributed by atoms with Gasteiger partial charge in [0.2, 0.25) is 4.77 Å². The number of aromatic nitrogens is 5. The van der Waals surface area contributed by atoms with Crippen LogP contribution in [0.1, 0.15) is 35.5 Å². The summed E-state index contributed by atoms with van der Waals surface area (Å²) in [5.41, 5.74) is 1.91. The first kappa shape index (κ1) is 17.2. The van der Waals surface area contributed by atoms with Crippen molar-refractivity contribution in [1.82, 2.24) is 24.7 Å². The Labute approximate surface area is 161 Å². The molecule has 0 spiro atoms. The number of aryl methyl sites for hydroxylation is 2. The molecule has 0 radical (unpaired) electrons. The number of thiophene rings is 1. The molecule has 1 saturated heterocycles. The molecule has 4 heterocycles. The largest absolute Gasteiger partial charge is 0.363 e. The van der Waals surface area contributed by atoms with E-state index in [0.717, 1.165) is 29.4 Å². The molecule has 0 unspecified atom stereocenters. The Morgan fingerprint density at radius 2 is 2.04 bits per heavy atom. The minimum Gasteiger partial charge on any atom is -0.363 e. The second-order valence-corrected chi connectivity index (χ2v) is 7.93. The van der Waals surface area contributed by atoms with E-state index in [9.17, 15) is 0 Å². The van der Waals surface area contributed by atoms with Gasteiger partial charge in [-0.3, -0.25) is 0 Å². The minimum absolute atomic E-state index is 0.441. The smallest absolute Gasteiger partial charge is 0.271 e. The van der Waals surface area contributed by atoms with E-state index in [0.29, 0.717) is 10.7 Å². The van der Waals surface area contributed by atoms with E-state index < -0.39 is 0 Å². The molecule has 0 amide bonds. The fourth-order valence-corrected chi connectivity index (χ4v) is 4.27. The van der Waals surface area contributed by atoms with E-state index in [2.05, 4.69) is 37.4 Å². The van der Waals surface area contributed by atoms with Gasteiger partial charge in [0.1, 0.15) is 0 Å². The zero-order chi connectivity index (χ0) is 18.1. The highest BCUT2D eigenvalue weighted by Crippen LogP contribution is 2.27. The summed E-state index contributed by atoms with van der Waals surface area (Å²) in [6.45, 7) is 6.22. The summed E-state index contributed by atoms with van der Waals surface area (Å²) in [5.74, 6) is 0.560. The van der Waals surface area contributed by atoms with Crippen LogP contribution in [0, 0.1) is 18.6 Å². The molecule has 4 rings (SSSR count). The first-order chi connectivity index (χ1) is 12.6. The molecule has 1 fully saturated rings. The Kier molecular flexibility index (Phi) is 4.73. The lowest BCUT2D eigenvalue weighted by Gasteiger charge is -2.27. The van der Waals surface area contributed by atoms with Crippen molar-refractivity contribution in [2.45, 2.75) is 33.1 Å². The van der Waals surface area contributed by atoms with Crippen molar-refractivity contribution in [2.75, 3.05) is 18.0 Å². The lowest BCUT2D eigenvalue weighted by molar-refractivity contribution is 0.580. The number of nitrogens with zero attached hydrogens (tertiary/aromatic N) is 6. The molecule has 7 nitrogen and oxygen atoms in total. The van der Waals surface area contributed by atoms with Gasteiger partial charge >= 0.3 is 0 Å². The number of hydrogen-bond donors (Lipinski definition) is 1. The molecule has 0 bridgehead atoms. The van der Waals surface area contributed by atoms with Crippen molar-refractivity contribution in [3.8, 4) is 5.95 Å². The van der Waals surface area contributed by atoms with Gasteiger partial charge in [0, 0.05) is 23.7 Å². The van der Waals surface area contributed by atoms with Gasteiger partial charge in [0.15, 0.2) is 0 Å². The van der Waals surface area contributed by atoms with Crippen LogP contribution in [0.2, 0.25) is 0 Å². The molecule has 1 N–H and O–H groups in total. The first-order valence-corrected chi connectivity index (χ1v) is 9.94. The van der Waals surface area contributed by atoms with Crippen LogP contribution in [0.3, 0.4) is 0 Å². The van der Waals surface area contributed by atoms with Crippen molar-refractivity contribution in [3.63, 3.8) is 0 Å². The van der Waals surface area contributed by atoms with Gasteiger partial charge in [-0.05, 0) is 63.5 Å². The predicted molar refractivity (Wildman–Crippen MR) is 107 cm³/mol. The van der Waals surface area contributed by atoms with Crippen LogP contribution >= 0.6 is 23.6 Å². The van der Waals surface area contributed by atoms with Crippen LogP contribution < -0.4 is 4.90 Å². The van der Waals surface area contributed by atoms with Gasteiger partial charge in [-0.1, -0.05) is 0 Å². The number of piperidine rings is 1. The highest BCUT2D eigenvalue weighted by Gasteiger charge is 2.14. The second-order valence-electron chi connectivity index (χ2n) is 6.45. The third-order valence-corrected chi connectivity index (χ3v) is 5.76. The summed E-state index contributed by atoms with van der Waals surface area (Å²) < 4.78 is 3.79.